The number of fused-ring (bicyclic) bond motifs is 1. The van der Waals surface area contributed by atoms with Crippen molar-refractivity contribution in [2.75, 3.05) is 0 Å². The minimum Gasteiger partial charge on any atom is -0.409 e. The smallest absolute Gasteiger partial charge is 0.142 e. The Morgan fingerprint density at radius 1 is 1.45 bits per heavy atom. The third kappa shape index (κ3) is 0.905. The Kier molecular flexibility index (Phi) is 1.51. The molecular weight excluding hydrogens is 140 g/mol. The van der Waals surface area contributed by atoms with Gasteiger partial charge in [-0.2, -0.15) is 0 Å². The highest BCUT2D eigenvalue weighted by Crippen LogP contribution is 2.50. The topological polar surface area (TPSA) is 58.6 Å². The third-order valence-corrected chi connectivity index (χ3v) is 3.29. The van der Waals surface area contributed by atoms with Crippen LogP contribution in [-0.4, -0.2) is 11.0 Å². The van der Waals surface area contributed by atoms with Crippen LogP contribution in [0.25, 0.3) is 0 Å². The van der Waals surface area contributed by atoms with Crippen LogP contribution in [0.5, 0.6) is 0 Å². The van der Waals surface area contributed by atoms with Crippen LogP contribution < -0.4 is 5.73 Å². The SMILES string of the molecule is N/C(=N\O)C1CC2CCCC21. The van der Waals surface area contributed by atoms with Crippen LogP contribution in [0.3, 0.4) is 0 Å². The molecule has 2 saturated carbocycles. The first-order valence-corrected chi connectivity index (χ1v) is 4.30. The van der Waals surface area contributed by atoms with Gasteiger partial charge in [0.25, 0.3) is 0 Å². The van der Waals surface area contributed by atoms with Crippen LogP contribution in [0.1, 0.15) is 25.7 Å². The maximum Gasteiger partial charge on any atom is 0.142 e. The zero-order valence-corrected chi connectivity index (χ0v) is 6.53. The molecule has 0 aromatic carbocycles. The van der Waals surface area contributed by atoms with E-state index >= 15 is 0 Å². The Hall–Kier alpha value is -0.730. The van der Waals surface area contributed by atoms with Crippen molar-refractivity contribution in [3.05, 3.63) is 0 Å². The van der Waals surface area contributed by atoms with Gasteiger partial charge < -0.3 is 10.9 Å². The van der Waals surface area contributed by atoms with Gasteiger partial charge in [-0.05, 0) is 24.7 Å². The summed E-state index contributed by atoms with van der Waals surface area (Å²) in [6.07, 6.45) is 5.14. The monoisotopic (exact) mass is 154 g/mol. The summed E-state index contributed by atoms with van der Waals surface area (Å²) in [4.78, 5) is 0. The summed E-state index contributed by atoms with van der Waals surface area (Å²) in [5.41, 5.74) is 5.53. The molecule has 3 atom stereocenters. The summed E-state index contributed by atoms with van der Waals surface area (Å²) in [6, 6.07) is 0. The second-order valence-electron chi connectivity index (χ2n) is 3.72. The Balaban J connectivity index is 2.00. The number of amidine groups is 1. The van der Waals surface area contributed by atoms with Gasteiger partial charge in [0.2, 0.25) is 0 Å². The van der Waals surface area contributed by atoms with Crippen molar-refractivity contribution in [3.63, 3.8) is 0 Å². The lowest BCUT2D eigenvalue weighted by Gasteiger charge is -2.39. The zero-order valence-electron chi connectivity index (χ0n) is 6.53. The fraction of sp³-hybridized carbons (Fsp3) is 0.875. The van der Waals surface area contributed by atoms with E-state index in [1.165, 1.54) is 19.3 Å². The van der Waals surface area contributed by atoms with Gasteiger partial charge in [0.1, 0.15) is 5.84 Å². The quantitative estimate of drug-likeness (QED) is 0.258. The summed E-state index contributed by atoms with van der Waals surface area (Å²) in [5.74, 6) is 2.48. The number of nitrogens with two attached hydrogens (primary N) is 1. The fourth-order valence-electron chi connectivity index (χ4n) is 2.61. The van der Waals surface area contributed by atoms with Crippen LogP contribution >= 0.6 is 0 Å². The molecule has 3 unspecified atom stereocenters. The predicted molar refractivity (Wildman–Crippen MR) is 42.3 cm³/mol. The lowest BCUT2D eigenvalue weighted by molar-refractivity contribution is 0.155. The lowest BCUT2D eigenvalue weighted by atomic mass is 9.66. The molecule has 0 aromatic heterocycles. The van der Waals surface area contributed by atoms with E-state index in [9.17, 15) is 0 Å². The van der Waals surface area contributed by atoms with Crippen LogP contribution in [0.2, 0.25) is 0 Å². The molecule has 11 heavy (non-hydrogen) atoms. The van der Waals surface area contributed by atoms with Crippen LogP contribution in [-0.2, 0) is 0 Å². The molecule has 0 aliphatic heterocycles. The van der Waals surface area contributed by atoms with Gasteiger partial charge in [0.15, 0.2) is 0 Å². The van der Waals surface area contributed by atoms with Crippen LogP contribution in [0.4, 0.5) is 0 Å². The highest BCUT2D eigenvalue weighted by Gasteiger charge is 2.45. The highest BCUT2D eigenvalue weighted by molar-refractivity contribution is 5.83. The van der Waals surface area contributed by atoms with E-state index in [-0.39, 0.29) is 0 Å². The van der Waals surface area contributed by atoms with E-state index in [4.69, 9.17) is 10.9 Å². The summed E-state index contributed by atoms with van der Waals surface area (Å²) in [5, 5.41) is 11.5. The van der Waals surface area contributed by atoms with E-state index in [2.05, 4.69) is 5.16 Å². The second-order valence-corrected chi connectivity index (χ2v) is 3.72. The van der Waals surface area contributed by atoms with Gasteiger partial charge in [-0.15, -0.1) is 0 Å². The lowest BCUT2D eigenvalue weighted by Crippen LogP contribution is -2.41. The first-order valence-electron chi connectivity index (χ1n) is 4.30. The minimum atomic E-state index is 0.396. The number of oxime groups is 1. The van der Waals surface area contributed by atoms with Gasteiger partial charge >= 0.3 is 0 Å². The Labute approximate surface area is 66.3 Å². The molecule has 3 heteroatoms. The molecule has 2 rings (SSSR count). The number of rotatable bonds is 1. The zero-order chi connectivity index (χ0) is 7.84. The Morgan fingerprint density at radius 3 is 2.91 bits per heavy atom. The summed E-state index contributed by atoms with van der Waals surface area (Å²) in [6.45, 7) is 0. The molecule has 0 aromatic rings. The van der Waals surface area contributed by atoms with Gasteiger partial charge in [-0.3, -0.25) is 0 Å². The van der Waals surface area contributed by atoms with Crippen molar-refractivity contribution < 1.29 is 5.21 Å². The third-order valence-electron chi connectivity index (χ3n) is 3.29. The molecule has 0 amide bonds. The van der Waals surface area contributed by atoms with Crippen molar-refractivity contribution in [1.82, 2.24) is 0 Å². The normalized spacial score (nSPS) is 43.3. The van der Waals surface area contributed by atoms with E-state index in [1.807, 2.05) is 0 Å². The van der Waals surface area contributed by atoms with Crippen LogP contribution in [0.15, 0.2) is 5.16 Å². The standard InChI is InChI=1S/C8H14N2O/c9-8(10-11)7-4-5-2-1-3-6(5)7/h5-7,11H,1-4H2,(H2,9,10). The first kappa shape index (κ1) is 6.95. The molecule has 0 bridgehead atoms. The van der Waals surface area contributed by atoms with Crippen LogP contribution in [0, 0.1) is 17.8 Å². The van der Waals surface area contributed by atoms with Crippen molar-refractivity contribution in [2.24, 2.45) is 28.6 Å². The van der Waals surface area contributed by atoms with Gasteiger partial charge in [-0.25, -0.2) is 0 Å². The largest absolute Gasteiger partial charge is 0.409 e. The average molecular weight is 154 g/mol. The van der Waals surface area contributed by atoms with Crippen molar-refractivity contribution in [2.45, 2.75) is 25.7 Å². The van der Waals surface area contributed by atoms with Gasteiger partial charge in [0.05, 0.1) is 0 Å². The Bertz CT molecular complexity index is 191. The first-order chi connectivity index (χ1) is 5.33. The molecule has 0 saturated heterocycles. The predicted octanol–water partition coefficient (Wildman–Crippen LogP) is 1.17. The second kappa shape index (κ2) is 2.40. The maximum absolute atomic E-state index is 8.45. The molecule has 0 radical (unpaired) electrons. The van der Waals surface area contributed by atoms with Gasteiger partial charge in [0, 0.05) is 5.92 Å². The molecule has 2 aliphatic rings. The molecule has 0 heterocycles. The van der Waals surface area contributed by atoms with Crippen molar-refractivity contribution >= 4 is 5.84 Å². The number of hydrogen-bond acceptors (Lipinski definition) is 2. The van der Waals surface area contributed by atoms with E-state index in [0.29, 0.717) is 11.8 Å². The summed E-state index contributed by atoms with van der Waals surface area (Å²) >= 11 is 0. The summed E-state index contributed by atoms with van der Waals surface area (Å²) in [7, 11) is 0. The molecule has 2 fully saturated rings. The van der Waals surface area contributed by atoms with E-state index < -0.39 is 0 Å². The minimum absolute atomic E-state index is 0.396. The summed E-state index contributed by atoms with van der Waals surface area (Å²) < 4.78 is 0. The molecule has 3 nitrogen and oxygen atoms in total. The number of hydrogen-bond donors (Lipinski definition) is 2. The molecule has 0 spiro atoms. The fourth-order valence-corrected chi connectivity index (χ4v) is 2.61. The maximum atomic E-state index is 8.45. The highest BCUT2D eigenvalue weighted by atomic mass is 16.4. The molecule has 3 N–H and O–H groups in total. The molecule has 62 valence electrons. The van der Waals surface area contributed by atoms with E-state index in [1.54, 1.807) is 0 Å². The van der Waals surface area contributed by atoms with Crippen molar-refractivity contribution in [1.29, 1.82) is 0 Å². The van der Waals surface area contributed by atoms with Gasteiger partial charge in [-0.1, -0.05) is 18.0 Å². The molecular formula is C8H14N2O. The van der Waals surface area contributed by atoms with E-state index in [0.717, 1.165) is 18.3 Å². The molecule has 2 aliphatic carbocycles. The average Bonchev–Trinajstić information content (AvgIpc) is 2.32. The number of nitrogens with zero attached hydrogens (tertiary/aromatic N) is 1. The van der Waals surface area contributed by atoms with Crippen molar-refractivity contribution in [3.8, 4) is 0 Å². The Morgan fingerprint density at radius 2 is 2.27 bits per heavy atom.